The zero-order valence-electron chi connectivity index (χ0n) is 20.4. The lowest BCUT2D eigenvalue weighted by atomic mass is 9.68. The molecular formula is C31H29NO4. The summed E-state index contributed by atoms with van der Waals surface area (Å²) in [6.45, 7) is 2.33. The Hall–Kier alpha value is -4.12. The van der Waals surface area contributed by atoms with E-state index in [4.69, 9.17) is 9.47 Å². The first-order chi connectivity index (χ1) is 17.5. The van der Waals surface area contributed by atoms with Crippen LogP contribution in [0, 0.1) is 5.92 Å². The van der Waals surface area contributed by atoms with Gasteiger partial charge < -0.3 is 14.8 Å². The molecule has 182 valence electrons. The van der Waals surface area contributed by atoms with Crippen LogP contribution in [0.4, 0.5) is 0 Å². The van der Waals surface area contributed by atoms with E-state index in [1.54, 1.807) is 0 Å². The molecule has 0 amide bonds. The van der Waals surface area contributed by atoms with Crippen LogP contribution in [0.1, 0.15) is 41.9 Å². The lowest BCUT2D eigenvalue weighted by molar-refractivity contribution is -0.136. The third-order valence-corrected chi connectivity index (χ3v) is 6.98. The van der Waals surface area contributed by atoms with Crippen LogP contribution in [0.2, 0.25) is 0 Å². The maximum Gasteiger partial charge on any atom is 0.336 e. The number of benzene rings is 3. The summed E-state index contributed by atoms with van der Waals surface area (Å²) >= 11 is 0. The average molecular weight is 480 g/mol. The number of Topliss-reactive ketones (excluding diaryl/α,β-unsaturated/α-hetero) is 1. The van der Waals surface area contributed by atoms with Crippen molar-refractivity contribution in [2.45, 2.75) is 31.8 Å². The largest absolute Gasteiger partial charge is 0.489 e. The summed E-state index contributed by atoms with van der Waals surface area (Å²) in [5, 5.41) is 3.36. The van der Waals surface area contributed by atoms with Gasteiger partial charge in [-0.25, -0.2) is 4.79 Å². The first kappa shape index (κ1) is 23.6. The summed E-state index contributed by atoms with van der Waals surface area (Å²) in [5.41, 5.74) is 5.12. The molecule has 0 bridgehead atoms. The number of hydrogen-bond acceptors (Lipinski definition) is 5. The second-order valence-electron chi connectivity index (χ2n) is 9.26. The quantitative estimate of drug-likeness (QED) is 0.463. The third-order valence-electron chi connectivity index (χ3n) is 6.98. The molecule has 3 aromatic rings. The van der Waals surface area contributed by atoms with E-state index in [0.717, 1.165) is 28.1 Å². The minimum Gasteiger partial charge on any atom is -0.489 e. The number of esters is 1. The smallest absolute Gasteiger partial charge is 0.336 e. The van der Waals surface area contributed by atoms with Gasteiger partial charge in [-0.3, -0.25) is 4.79 Å². The summed E-state index contributed by atoms with van der Waals surface area (Å²) in [7, 11) is 1.37. The van der Waals surface area contributed by atoms with Gasteiger partial charge in [0, 0.05) is 29.7 Å². The number of carbonyl (C=O) groups excluding carboxylic acids is 2. The highest BCUT2D eigenvalue weighted by atomic mass is 16.5. The van der Waals surface area contributed by atoms with E-state index in [1.807, 2.05) is 91.9 Å². The van der Waals surface area contributed by atoms with Gasteiger partial charge in [-0.15, -0.1) is 0 Å². The normalized spacial score (nSPS) is 21.2. The van der Waals surface area contributed by atoms with Crippen LogP contribution in [-0.2, 0) is 20.9 Å². The van der Waals surface area contributed by atoms with Crippen LogP contribution in [0.5, 0.6) is 5.75 Å². The first-order valence-corrected chi connectivity index (χ1v) is 12.2. The van der Waals surface area contributed by atoms with Crippen molar-refractivity contribution >= 4 is 11.8 Å². The summed E-state index contributed by atoms with van der Waals surface area (Å²) < 4.78 is 11.1. The first-order valence-electron chi connectivity index (χ1n) is 12.2. The Morgan fingerprint density at radius 2 is 1.56 bits per heavy atom. The molecule has 1 heterocycles. The highest BCUT2D eigenvalue weighted by Crippen LogP contribution is 2.46. The van der Waals surface area contributed by atoms with Gasteiger partial charge in [0.15, 0.2) is 0 Å². The van der Waals surface area contributed by atoms with Gasteiger partial charge in [-0.1, -0.05) is 78.9 Å². The fourth-order valence-corrected chi connectivity index (χ4v) is 5.24. The van der Waals surface area contributed by atoms with E-state index in [2.05, 4.69) is 11.4 Å². The number of ketones is 1. The van der Waals surface area contributed by atoms with Crippen molar-refractivity contribution in [2.75, 3.05) is 7.11 Å². The monoisotopic (exact) mass is 479 g/mol. The predicted molar refractivity (Wildman–Crippen MR) is 138 cm³/mol. The van der Waals surface area contributed by atoms with Crippen molar-refractivity contribution < 1.29 is 19.1 Å². The fraction of sp³-hybridized carbons (Fsp3) is 0.226. The second kappa shape index (κ2) is 10.2. The Bertz CT molecular complexity index is 1310. The standard InChI is InChI=1S/C31H29NO4/c1-20-28(31(34)35-2)29(23-13-15-25(16-14-23)36-19-21-9-5-3-6-10-21)30-26(32-20)17-24(18-27(30)33)22-11-7-4-8-12-22/h3-17,24,29-30,32H,18-19H2,1-2H3. The molecule has 0 fully saturated rings. The van der Waals surface area contributed by atoms with E-state index in [9.17, 15) is 9.59 Å². The molecule has 3 atom stereocenters. The minimum atomic E-state index is -0.473. The molecule has 5 nitrogen and oxygen atoms in total. The van der Waals surface area contributed by atoms with Gasteiger partial charge >= 0.3 is 5.97 Å². The molecule has 3 aromatic carbocycles. The van der Waals surface area contributed by atoms with Crippen molar-refractivity contribution in [3.8, 4) is 5.75 Å². The SMILES string of the molecule is COC(=O)C1=C(C)NC2=CC(c3ccccc3)CC(=O)C2C1c1ccc(OCc2ccccc2)cc1. The second-order valence-corrected chi connectivity index (χ2v) is 9.26. The maximum atomic E-state index is 13.6. The zero-order valence-corrected chi connectivity index (χ0v) is 20.4. The zero-order chi connectivity index (χ0) is 25.1. The molecule has 3 unspecified atom stereocenters. The van der Waals surface area contributed by atoms with Crippen LogP contribution in [-0.4, -0.2) is 18.9 Å². The number of fused-ring (bicyclic) bond motifs is 1. The average Bonchev–Trinajstić information content (AvgIpc) is 2.92. The maximum absolute atomic E-state index is 13.6. The number of nitrogens with one attached hydrogen (secondary N) is 1. The lowest BCUT2D eigenvalue weighted by Crippen LogP contribution is -2.41. The highest BCUT2D eigenvalue weighted by molar-refractivity contribution is 5.96. The summed E-state index contributed by atoms with van der Waals surface area (Å²) in [5.74, 6) is -0.495. The van der Waals surface area contributed by atoms with Crippen molar-refractivity contribution in [3.05, 3.63) is 125 Å². The number of ether oxygens (including phenoxy) is 2. The molecule has 1 aliphatic carbocycles. The molecule has 1 N–H and O–H groups in total. The van der Waals surface area contributed by atoms with Crippen LogP contribution in [0.25, 0.3) is 0 Å². The molecule has 0 radical (unpaired) electrons. The van der Waals surface area contributed by atoms with Gasteiger partial charge in [0.1, 0.15) is 18.1 Å². The predicted octanol–water partition coefficient (Wildman–Crippen LogP) is 5.66. The van der Waals surface area contributed by atoms with E-state index >= 15 is 0 Å². The molecule has 0 aromatic heterocycles. The van der Waals surface area contributed by atoms with E-state index < -0.39 is 17.8 Å². The Morgan fingerprint density at radius 1 is 0.889 bits per heavy atom. The Kier molecular flexibility index (Phi) is 6.72. The number of methoxy groups -OCH3 is 1. The van der Waals surface area contributed by atoms with Crippen molar-refractivity contribution in [2.24, 2.45) is 5.92 Å². The van der Waals surface area contributed by atoms with Gasteiger partial charge in [0.2, 0.25) is 0 Å². The number of allylic oxidation sites excluding steroid dienone is 3. The third kappa shape index (κ3) is 4.69. The highest BCUT2D eigenvalue weighted by Gasteiger charge is 2.44. The molecule has 5 heteroatoms. The van der Waals surface area contributed by atoms with Crippen molar-refractivity contribution in [3.63, 3.8) is 0 Å². The van der Waals surface area contributed by atoms with Crippen molar-refractivity contribution in [1.29, 1.82) is 0 Å². The summed E-state index contributed by atoms with van der Waals surface area (Å²) in [6.07, 6.45) is 2.53. The van der Waals surface area contributed by atoms with Gasteiger partial charge in [-0.2, -0.15) is 0 Å². The molecule has 2 aliphatic rings. The van der Waals surface area contributed by atoms with Gasteiger partial charge in [0.05, 0.1) is 18.6 Å². The van der Waals surface area contributed by atoms with Gasteiger partial charge in [-0.05, 0) is 35.7 Å². The van der Waals surface area contributed by atoms with E-state index in [1.165, 1.54) is 7.11 Å². The van der Waals surface area contributed by atoms with Crippen LogP contribution >= 0.6 is 0 Å². The Labute approximate surface area is 211 Å². The number of rotatable bonds is 6. The number of carbonyl (C=O) groups is 2. The molecule has 1 aliphatic heterocycles. The van der Waals surface area contributed by atoms with E-state index in [-0.39, 0.29) is 11.7 Å². The minimum absolute atomic E-state index is 0.000612. The van der Waals surface area contributed by atoms with Crippen LogP contribution in [0.15, 0.2) is 108 Å². The van der Waals surface area contributed by atoms with Crippen LogP contribution in [0.3, 0.4) is 0 Å². The molecule has 0 saturated carbocycles. The van der Waals surface area contributed by atoms with Crippen LogP contribution < -0.4 is 10.1 Å². The number of hydrogen-bond donors (Lipinski definition) is 1. The summed E-state index contributed by atoms with van der Waals surface area (Å²) in [6, 6.07) is 27.7. The molecule has 0 spiro atoms. The molecular weight excluding hydrogens is 450 g/mol. The fourth-order valence-electron chi connectivity index (χ4n) is 5.24. The molecule has 0 saturated heterocycles. The molecule has 36 heavy (non-hydrogen) atoms. The van der Waals surface area contributed by atoms with Gasteiger partial charge in [0.25, 0.3) is 0 Å². The Morgan fingerprint density at radius 3 is 2.22 bits per heavy atom. The lowest BCUT2D eigenvalue weighted by Gasteiger charge is -2.39. The topological polar surface area (TPSA) is 64.6 Å². The molecule has 5 rings (SSSR count). The Balaban J connectivity index is 1.47. The van der Waals surface area contributed by atoms with Crippen molar-refractivity contribution in [1.82, 2.24) is 5.32 Å². The van der Waals surface area contributed by atoms with E-state index in [0.29, 0.717) is 24.3 Å². The summed E-state index contributed by atoms with van der Waals surface area (Å²) in [4.78, 5) is 26.5.